The highest BCUT2D eigenvalue weighted by Gasteiger charge is 2.48. The lowest BCUT2D eigenvalue weighted by molar-refractivity contribution is -0.386. The number of nitrogens with two attached hydrogens (primary N) is 1. The van der Waals surface area contributed by atoms with E-state index in [1.54, 1.807) is 31.2 Å². The summed E-state index contributed by atoms with van der Waals surface area (Å²) in [6.45, 7) is 17.5. The molecule has 48 heavy (non-hydrogen) atoms. The molecule has 1 fully saturated rings. The molecule has 0 aliphatic carbocycles. The zero-order chi connectivity index (χ0) is 36.0. The molecule has 3 heterocycles. The van der Waals surface area contributed by atoms with Crippen molar-refractivity contribution in [3.8, 4) is 23.0 Å². The van der Waals surface area contributed by atoms with Crippen LogP contribution in [0, 0.1) is 47.9 Å². The second-order valence-corrected chi connectivity index (χ2v) is 12.4. The Kier molecular flexibility index (Phi) is 12.1. The monoisotopic (exact) mass is 679 g/mol. The third-order valence-electron chi connectivity index (χ3n) is 7.82. The highest BCUT2D eigenvalue weighted by molar-refractivity contribution is 6.43. The predicted molar refractivity (Wildman–Crippen MR) is 185 cm³/mol. The number of ether oxygens (including phenoxy) is 2. The van der Waals surface area contributed by atoms with E-state index in [0.717, 1.165) is 16.7 Å². The molecule has 1 aliphatic rings. The van der Waals surface area contributed by atoms with Crippen LogP contribution in [0.2, 0.25) is 12.0 Å². The summed E-state index contributed by atoms with van der Waals surface area (Å²) in [5.41, 5.74) is 8.91. The molecule has 0 bridgehead atoms. The summed E-state index contributed by atoms with van der Waals surface area (Å²) in [6, 6.07) is 13.4. The summed E-state index contributed by atoms with van der Waals surface area (Å²) in [6.07, 6.45) is 2.84. The first-order valence-electron chi connectivity index (χ1n) is 14.9. The average Bonchev–Trinajstić information content (AvgIpc) is 3.16. The van der Waals surface area contributed by atoms with Gasteiger partial charge in [-0.15, -0.1) is 0 Å². The lowest BCUT2D eigenvalue weighted by Gasteiger charge is -2.32. The van der Waals surface area contributed by atoms with Crippen LogP contribution in [0.5, 0.6) is 23.0 Å². The zero-order valence-corrected chi connectivity index (χ0v) is 29.1. The number of nitrogens with zero attached hydrogens (tertiary/aromatic N) is 4. The number of rotatable bonds is 6. The molecule has 2 aromatic carbocycles. The molecule has 15 heteroatoms. The molecule has 0 radical (unpaired) electrons. The molecule has 0 atom stereocenters. The SMILES string of the molecule is CB1OC(C)(C)C(C)(C)O1.Cc1cc(Oc2ccnc(Cl)c2[N+](=O)[O-])ccc1N.Cc1ccc(Oc2ccnc(C)c2[N+](=O)[O-])cc1C. The maximum absolute atomic E-state index is 11.0. The summed E-state index contributed by atoms with van der Waals surface area (Å²) in [5.74, 6) is 1.27. The Labute approximate surface area is 284 Å². The van der Waals surface area contributed by atoms with Gasteiger partial charge in [0.15, 0.2) is 0 Å². The fraction of sp³-hybridized carbons (Fsp3) is 0.333. The van der Waals surface area contributed by atoms with Crippen molar-refractivity contribution in [3.63, 3.8) is 0 Å². The molecular weight excluding hydrogens is 641 g/mol. The van der Waals surface area contributed by atoms with E-state index in [9.17, 15) is 20.2 Å². The van der Waals surface area contributed by atoms with Crippen LogP contribution < -0.4 is 15.2 Å². The van der Waals surface area contributed by atoms with Crippen molar-refractivity contribution < 1.29 is 28.6 Å². The Hall–Kier alpha value is -4.79. The molecule has 1 aliphatic heterocycles. The second kappa shape index (κ2) is 15.4. The first-order chi connectivity index (χ1) is 22.3. The highest BCUT2D eigenvalue weighted by atomic mass is 35.5. The molecule has 13 nitrogen and oxygen atoms in total. The number of halogens is 1. The van der Waals surface area contributed by atoms with Crippen LogP contribution in [0.3, 0.4) is 0 Å². The van der Waals surface area contributed by atoms with Crippen molar-refractivity contribution in [1.82, 2.24) is 9.97 Å². The van der Waals surface area contributed by atoms with E-state index >= 15 is 0 Å². The van der Waals surface area contributed by atoms with Gasteiger partial charge in [0.25, 0.3) is 0 Å². The molecule has 4 aromatic rings. The third-order valence-corrected chi connectivity index (χ3v) is 8.10. The summed E-state index contributed by atoms with van der Waals surface area (Å²) >= 11 is 5.69. The minimum Gasteiger partial charge on any atom is -0.450 e. The maximum atomic E-state index is 11.0. The van der Waals surface area contributed by atoms with Crippen molar-refractivity contribution in [2.75, 3.05) is 5.73 Å². The minimum absolute atomic E-state index is 0.0363. The number of anilines is 1. The van der Waals surface area contributed by atoms with Gasteiger partial charge in [-0.3, -0.25) is 25.2 Å². The summed E-state index contributed by atoms with van der Waals surface area (Å²) < 4.78 is 22.2. The molecule has 0 unspecified atom stereocenters. The first kappa shape index (κ1) is 37.7. The van der Waals surface area contributed by atoms with Gasteiger partial charge in [0.1, 0.15) is 17.2 Å². The standard InChI is InChI=1S/C14H14N2O3.C12H10ClN3O3.C7H15BO2/c1-9-4-5-12(8-10(9)2)19-13-6-7-15-11(3)14(13)16(17)18;1-7-6-8(2-3-9(7)14)19-10-4-5-15-12(13)11(10)16(17)18;1-6(2)7(3,4)10-8(5)9-6/h4-8H,1-3H3;2-6H,14H2,1H3;1-5H3. The fourth-order valence-electron chi connectivity index (χ4n) is 4.38. The molecule has 2 N–H and O–H groups in total. The van der Waals surface area contributed by atoms with Crippen molar-refractivity contribution >= 4 is 35.8 Å². The second-order valence-electron chi connectivity index (χ2n) is 12.0. The van der Waals surface area contributed by atoms with Gasteiger partial charge in [0.05, 0.1) is 21.0 Å². The quantitative estimate of drug-likeness (QED) is 0.0678. The number of nitrogen functional groups attached to an aromatic ring is 1. The Morgan fingerprint density at radius 3 is 1.69 bits per heavy atom. The maximum Gasteiger partial charge on any atom is 0.454 e. The Morgan fingerprint density at radius 1 is 0.750 bits per heavy atom. The Bertz CT molecular complexity index is 1680. The van der Waals surface area contributed by atoms with Crippen LogP contribution in [-0.2, 0) is 9.31 Å². The number of hydrogen-bond acceptors (Lipinski definition) is 11. The molecule has 0 spiro atoms. The van der Waals surface area contributed by atoms with Crippen LogP contribution in [0.1, 0.15) is 50.1 Å². The lowest BCUT2D eigenvalue weighted by atomic mass is 9.90. The van der Waals surface area contributed by atoms with E-state index < -0.39 is 9.85 Å². The van der Waals surface area contributed by atoms with Gasteiger partial charge in [-0.25, -0.2) is 4.98 Å². The van der Waals surface area contributed by atoms with E-state index in [4.69, 9.17) is 36.1 Å². The van der Waals surface area contributed by atoms with E-state index in [1.165, 1.54) is 24.5 Å². The number of pyridine rings is 2. The largest absolute Gasteiger partial charge is 0.454 e. The Morgan fingerprint density at radius 2 is 1.23 bits per heavy atom. The zero-order valence-electron chi connectivity index (χ0n) is 28.4. The van der Waals surface area contributed by atoms with Gasteiger partial charge in [-0.05, 0) is 109 Å². The molecule has 254 valence electrons. The highest BCUT2D eigenvalue weighted by Crippen LogP contribution is 2.37. The molecule has 0 saturated carbocycles. The number of hydrogen-bond donors (Lipinski definition) is 1. The van der Waals surface area contributed by atoms with Crippen molar-refractivity contribution in [2.24, 2.45) is 0 Å². The van der Waals surface area contributed by atoms with E-state index in [1.807, 2.05) is 39.7 Å². The van der Waals surface area contributed by atoms with Crippen LogP contribution >= 0.6 is 11.6 Å². The molecule has 1 saturated heterocycles. The van der Waals surface area contributed by atoms with Crippen molar-refractivity contribution in [3.05, 3.63) is 109 Å². The smallest absolute Gasteiger partial charge is 0.450 e. The van der Waals surface area contributed by atoms with E-state index in [-0.39, 0.29) is 46.3 Å². The van der Waals surface area contributed by atoms with Crippen LogP contribution in [-0.4, -0.2) is 38.1 Å². The average molecular weight is 680 g/mol. The van der Waals surface area contributed by atoms with Gasteiger partial charge < -0.3 is 24.5 Å². The predicted octanol–water partition coefficient (Wildman–Crippen LogP) is 8.74. The van der Waals surface area contributed by atoms with Gasteiger partial charge in [-0.2, -0.15) is 0 Å². The molecule has 0 amide bonds. The fourth-order valence-corrected chi connectivity index (χ4v) is 4.60. The van der Waals surface area contributed by atoms with Crippen molar-refractivity contribution in [2.45, 2.75) is 73.4 Å². The van der Waals surface area contributed by atoms with Gasteiger partial charge in [-0.1, -0.05) is 17.7 Å². The van der Waals surface area contributed by atoms with Crippen molar-refractivity contribution in [1.29, 1.82) is 0 Å². The normalized spacial score (nSPS) is 14.2. The number of benzene rings is 2. The summed E-state index contributed by atoms with van der Waals surface area (Å²) in [7, 11) is -0.0648. The molecular formula is C33H39BClN5O8. The topological polar surface area (TPSA) is 175 Å². The van der Waals surface area contributed by atoms with Gasteiger partial charge in [0, 0.05) is 30.2 Å². The molecule has 5 rings (SSSR count). The van der Waals surface area contributed by atoms with Crippen LogP contribution in [0.25, 0.3) is 0 Å². The van der Waals surface area contributed by atoms with E-state index in [0.29, 0.717) is 22.9 Å². The first-order valence-corrected chi connectivity index (χ1v) is 15.2. The van der Waals surface area contributed by atoms with E-state index in [2.05, 4.69) is 37.7 Å². The van der Waals surface area contributed by atoms with Gasteiger partial charge >= 0.3 is 18.5 Å². The number of nitro groups is 2. The summed E-state index contributed by atoms with van der Waals surface area (Å²) in [4.78, 5) is 28.4. The number of aryl methyl sites for hydroxylation is 4. The lowest BCUT2D eigenvalue weighted by Crippen LogP contribution is -2.41. The number of aromatic nitrogens is 2. The Balaban J connectivity index is 0.000000205. The van der Waals surface area contributed by atoms with Crippen LogP contribution in [0.15, 0.2) is 60.9 Å². The third kappa shape index (κ3) is 9.40. The van der Waals surface area contributed by atoms with Crippen LogP contribution in [0.4, 0.5) is 17.1 Å². The molecule has 2 aromatic heterocycles. The van der Waals surface area contributed by atoms with Gasteiger partial charge in [0.2, 0.25) is 16.7 Å². The minimum atomic E-state index is -0.630. The summed E-state index contributed by atoms with van der Waals surface area (Å²) in [5, 5.41) is 21.8.